The van der Waals surface area contributed by atoms with Gasteiger partial charge in [0, 0.05) is 4.57 Å². The average Bonchev–Trinajstić information content (AvgIpc) is 1.85. The van der Waals surface area contributed by atoms with Gasteiger partial charge in [0.25, 0.3) is 0 Å². The van der Waals surface area contributed by atoms with Crippen molar-refractivity contribution >= 4 is 14.2 Å². The second kappa shape index (κ2) is 5.29. The van der Waals surface area contributed by atoms with Gasteiger partial charge in [-0.3, -0.25) is 0 Å². The molecule has 0 amide bonds. The molecule has 0 aliphatic heterocycles. The lowest BCUT2D eigenvalue weighted by molar-refractivity contribution is -0.139. The van der Waals surface area contributed by atoms with E-state index in [0.29, 0.717) is 0 Å². The van der Waals surface area contributed by atoms with E-state index in [-0.39, 0.29) is 6.61 Å². The van der Waals surface area contributed by atoms with Crippen molar-refractivity contribution in [3.05, 3.63) is 0 Å². The number of rotatable bonds is 5. The predicted molar refractivity (Wildman–Crippen MR) is 32.8 cm³/mol. The lowest BCUT2D eigenvalue weighted by Gasteiger charge is -1.82. The van der Waals surface area contributed by atoms with Crippen LogP contribution in [0, 0.1) is 0 Å². The van der Waals surface area contributed by atoms with E-state index < -0.39 is 20.8 Å². The summed E-state index contributed by atoms with van der Waals surface area (Å²) in [5, 5.41) is 8.02. The van der Waals surface area contributed by atoms with Gasteiger partial charge in [0.15, 0.2) is 0 Å². The molecule has 0 radical (unpaired) electrons. The van der Waals surface area contributed by atoms with Crippen LogP contribution < -0.4 is 0 Å². The van der Waals surface area contributed by atoms with E-state index in [1.165, 1.54) is 0 Å². The number of carboxylic acid groups (broad SMARTS) is 1. The summed E-state index contributed by atoms with van der Waals surface area (Å²) in [7, 11) is -2.24. The summed E-state index contributed by atoms with van der Waals surface area (Å²) in [6.45, 7) is 1.29. The van der Waals surface area contributed by atoms with E-state index in [1.807, 2.05) is 0 Å². The van der Waals surface area contributed by atoms with Gasteiger partial charge in [0.1, 0.15) is 6.61 Å². The van der Waals surface area contributed by atoms with Crippen molar-refractivity contribution in [1.82, 2.24) is 0 Å². The van der Waals surface area contributed by atoms with Gasteiger partial charge in [-0.2, -0.15) is 0 Å². The number of carbonyl (C=O) groups is 1. The zero-order valence-electron chi connectivity index (χ0n) is 5.44. The van der Waals surface area contributed by atoms with Gasteiger partial charge >= 0.3 is 14.2 Å². The molecule has 1 unspecified atom stereocenters. The molecule has 1 atom stereocenters. The molecule has 0 saturated carbocycles. The van der Waals surface area contributed by atoms with Crippen molar-refractivity contribution in [3.8, 4) is 0 Å². The van der Waals surface area contributed by atoms with Crippen LogP contribution in [-0.2, 0) is 18.4 Å². The zero-order chi connectivity index (χ0) is 7.98. The Balaban J connectivity index is 3.30. The van der Waals surface area contributed by atoms with Gasteiger partial charge in [0.2, 0.25) is 6.61 Å². The molecule has 58 valence electrons. The summed E-state index contributed by atoms with van der Waals surface area (Å²) in [6.07, 6.45) is 0. The molecule has 0 fully saturated rings. The molecule has 0 aromatic heterocycles. The summed E-state index contributed by atoms with van der Waals surface area (Å²) in [6, 6.07) is 0. The fraction of sp³-hybridized carbons (Fsp3) is 0.750. The smallest absolute Gasteiger partial charge is 0.479 e. The predicted octanol–water partition coefficient (Wildman–Crippen LogP) is 0.781. The minimum Gasteiger partial charge on any atom is -0.479 e. The highest BCUT2D eigenvalue weighted by Gasteiger charge is 2.20. The van der Waals surface area contributed by atoms with Crippen LogP contribution in [0.15, 0.2) is 0 Å². The first-order valence-corrected chi connectivity index (χ1v) is 3.71. The minimum absolute atomic E-state index is 0.245. The average molecular weight is 167 g/mol. The molecular weight excluding hydrogens is 159 g/mol. The van der Waals surface area contributed by atoms with Crippen molar-refractivity contribution < 1.29 is 23.5 Å². The Kier molecular flexibility index (Phi) is 5.02. The number of carboxylic acids is 1. The standard InChI is InChI=1S/C4H7O5P/c1-2-8-10(7)9-3-4(5)6/h2-3H2,1H3/p+1. The van der Waals surface area contributed by atoms with E-state index in [9.17, 15) is 9.36 Å². The number of hydrogen-bond donors (Lipinski definition) is 1. The first-order chi connectivity index (χ1) is 4.66. The van der Waals surface area contributed by atoms with Crippen LogP contribution in [0.2, 0.25) is 0 Å². The van der Waals surface area contributed by atoms with Gasteiger partial charge in [-0.15, -0.1) is 9.05 Å². The van der Waals surface area contributed by atoms with Gasteiger partial charge in [0.05, 0.1) is 0 Å². The Morgan fingerprint density at radius 1 is 1.60 bits per heavy atom. The van der Waals surface area contributed by atoms with Crippen LogP contribution in [0.3, 0.4) is 0 Å². The third-order valence-electron chi connectivity index (χ3n) is 0.528. The van der Waals surface area contributed by atoms with Gasteiger partial charge in [-0.1, -0.05) is 0 Å². The maximum atomic E-state index is 10.4. The molecule has 0 aliphatic carbocycles. The molecule has 0 aromatic carbocycles. The summed E-state index contributed by atoms with van der Waals surface area (Å²) in [5.41, 5.74) is 0. The minimum atomic E-state index is -2.24. The molecule has 0 aliphatic rings. The van der Waals surface area contributed by atoms with Crippen molar-refractivity contribution in [2.75, 3.05) is 13.2 Å². The zero-order valence-corrected chi connectivity index (χ0v) is 6.34. The van der Waals surface area contributed by atoms with E-state index in [2.05, 4.69) is 9.05 Å². The van der Waals surface area contributed by atoms with Gasteiger partial charge in [-0.05, 0) is 6.92 Å². The fourth-order valence-electron chi connectivity index (χ4n) is 0.251. The molecule has 5 nitrogen and oxygen atoms in total. The Morgan fingerprint density at radius 3 is 2.60 bits per heavy atom. The summed E-state index contributed by atoms with van der Waals surface area (Å²) >= 11 is 0. The third-order valence-corrected chi connectivity index (χ3v) is 1.34. The Morgan fingerprint density at radius 2 is 2.20 bits per heavy atom. The van der Waals surface area contributed by atoms with Crippen molar-refractivity contribution in [2.45, 2.75) is 6.92 Å². The fourth-order valence-corrected chi connectivity index (χ4v) is 0.752. The molecule has 6 heteroatoms. The first-order valence-electron chi connectivity index (χ1n) is 2.61. The summed E-state index contributed by atoms with van der Waals surface area (Å²) in [5.74, 6) is -1.16. The van der Waals surface area contributed by atoms with E-state index in [1.54, 1.807) is 6.92 Å². The number of hydrogen-bond acceptors (Lipinski definition) is 4. The van der Waals surface area contributed by atoms with Crippen LogP contribution >= 0.6 is 8.25 Å². The Labute approximate surface area is 58.9 Å². The highest BCUT2D eigenvalue weighted by atomic mass is 31.1. The van der Waals surface area contributed by atoms with Crippen LogP contribution in [0.5, 0.6) is 0 Å². The highest BCUT2D eigenvalue weighted by molar-refractivity contribution is 7.33. The molecule has 0 saturated heterocycles. The molecule has 10 heavy (non-hydrogen) atoms. The largest absolute Gasteiger partial charge is 0.697 e. The van der Waals surface area contributed by atoms with E-state index in [0.717, 1.165) is 0 Å². The quantitative estimate of drug-likeness (QED) is 0.612. The second-order valence-corrected chi connectivity index (χ2v) is 2.27. The maximum absolute atomic E-state index is 10.4. The SMILES string of the molecule is CCO[P+](=O)OCC(=O)O. The lowest BCUT2D eigenvalue weighted by Crippen LogP contribution is -2.02. The van der Waals surface area contributed by atoms with Crippen LogP contribution in [-0.4, -0.2) is 24.3 Å². The molecular formula is C4H8O5P+. The van der Waals surface area contributed by atoms with Crippen LogP contribution in [0.4, 0.5) is 0 Å². The monoisotopic (exact) mass is 167 g/mol. The Hall–Kier alpha value is -0.510. The Bertz CT molecular complexity index is 134. The van der Waals surface area contributed by atoms with Gasteiger partial charge in [-0.25, -0.2) is 4.79 Å². The molecule has 0 spiro atoms. The maximum Gasteiger partial charge on any atom is 0.697 e. The summed E-state index contributed by atoms with van der Waals surface area (Å²) < 4.78 is 19.0. The topological polar surface area (TPSA) is 72.8 Å². The first kappa shape index (κ1) is 9.49. The van der Waals surface area contributed by atoms with Crippen LogP contribution in [0.1, 0.15) is 6.92 Å². The molecule has 0 rings (SSSR count). The van der Waals surface area contributed by atoms with Crippen LogP contribution in [0.25, 0.3) is 0 Å². The number of aliphatic carboxylic acids is 1. The van der Waals surface area contributed by atoms with Crippen molar-refractivity contribution in [2.24, 2.45) is 0 Å². The van der Waals surface area contributed by atoms with E-state index in [4.69, 9.17) is 5.11 Å². The normalized spacial score (nSPS) is 11.1. The van der Waals surface area contributed by atoms with Gasteiger partial charge < -0.3 is 5.11 Å². The molecule has 0 heterocycles. The highest BCUT2D eigenvalue weighted by Crippen LogP contribution is 2.22. The van der Waals surface area contributed by atoms with E-state index >= 15 is 0 Å². The lowest BCUT2D eigenvalue weighted by atomic mass is 10.8. The summed E-state index contributed by atoms with van der Waals surface area (Å²) in [4.78, 5) is 9.80. The van der Waals surface area contributed by atoms with Crippen molar-refractivity contribution in [1.29, 1.82) is 0 Å². The molecule has 0 bridgehead atoms. The second-order valence-electron chi connectivity index (χ2n) is 1.31. The molecule has 1 N–H and O–H groups in total. The van der Waals surface area contributed by atoms with Crippen molar-refractivity contribution in [3.63, 3.8) is 0 Å². The molecule has 0 aromatic rings. The third kappa shape index (κ3) is 5.62.